The first-order valence-corrected chi connectivity index (χ1v) is 24.3. The Hall–Kier alpha value is -9.40. The number of thiophene rings is 1. The zero-order valence-electron chi connectivity index (χ0n) is 37.6. The zero-order chi connectivity index (χ0) is 46.4. The van der Waals surface area contributed by atoms with Crippen LogP contribution in [0.2, 0.25) is 0 Å². The van der Waals surface area contributed by atoms with Crippen molar-refractivity contribution in [3.8, 4) is 34.9 Å². The van der Waals surface area contributed by atoms with Gasteiger partial charge in [-0.3, -0.25) is 0 Å². The molecule has 0 N–H and O–H groups in total. The number of hydrogen-bond donors (Lipinski definition) is 0. The topological polar surface area (TPSA) is 67.3 Å². The Balaban J connectivity index is 1.29. The lowest BCUT2D eigenvalue weighted by atomic mass is 9.98. The molecule has 0 aliphatic rings. The van der Waals surface area contributed by atoms with Gasteiger partial charge in [-0.1, -0.05) is 151 Å². The highest BCUT2D eigenvalue weighted by molar-refractivity contribution is 7.26. The van der Waals surface area contributed by atoms with Gasteiger partial charge in [0, 0.05) is 58.6 Å². The molecule has 0 unspecified atom stereocenters. The molecule has 70 heavy (non-hydrogen) atoms. The lowest BCUT2D eigenvalue weighted by Crippen LogP contribution is -2.16. The Morgan fingerprint density at radius 1 is 0.329 bits per heavy atom. The summed E-state index contributed by atoms with van der Waals surface area (Å²) in [6.45, 7) is 2.14. The Bertz CT molecular complexity index is 4720. The molecule has 0 amide bonds. The monoisotopic (exact) mass is 908 g/mol. The van der Waals surface area contributed by atoms with Crippen molar-refractivity contribution in [1.82, 2.24) is 18.3 Å². The standard InChI is InChI=1S/C63H36N6S/c1-37-30-33-56-47(34-37)45-31-32-46-44-22-8-15-29-57(44)70-63(46)62(45)69(56)61-49(36-65)59(67-52-25-11-4-18-40(52)41-19-5-12-26-53(41)67)58(66-50-23-9-2-16-38(50)39-17-3-10-24-51(39)66)48(35-64)60(61)68-54-27-13-6-20-42(54)43-21-7-14-28-55(43)68/h2-34H,1H3. The predicted molar refractivity (Wildman–Crippen MR) is 291 cm³/mol. The Morgan fingerprint density at radius 2 is 0.671 bits per heavy atom. The van der Waals surface area contributed by atoms with Crippen LogP contribution in [-0.2, 0) is 0 Å². The first kappa shape index (κ1) is 38.7. The van der Waals surface area contributed by atoms with Crippen molar-refractivity contribution in [3.63, 3.8) is 0 Å². The SMILES string of the molecule is Cc1ccc2c(c1)c1ccc3c4ccccc4sc3c1n2-c1c(C#N)c(-n2c3ccccc3c3ccccc32)c(-n2c3ccccc3c3ccccc32)c(C#N)c1-n1c2ccccc2c2ccccc21. The minimum absolute atomic E-state index is 0.439. The van der Waals surface area contributed by atoms with Gasteiger partial charge in [0.1, 0.15) is 23.3 Å². The number of benzene rings is 10. The smallest absolute Gasteiger partial charge is 0.104 e. The molecular weight excluding hydrogens is 873 g/mol. The van der Waals surface area contributed by atoms with Gasteiger partial charge in [-0.15, -0.1) is 11.3 Å². The third kappa shape index (κ3) is 4.98. The van der Waals surface area contributed by atoms with Gasteiger partial charge in [-0.05, 0) is 61.5 Å². The van der Waals surface area contributed by atoms with E-state index in [0.717, 1.165) is 103 Å². The molecule has 5 heterocycles. The fourth-order valence-electron chi connectivity index (χ4n) is 11.9. The molecule has 0 spiro atoms. The Labute approximate surface area is 404 Å². The lowest BCUT2D eigenvalue weighted by molar-refractivity contribution is 1.02. The molecule has 7 heteroatoms. The van der Waals surface area contributed by atoms with E-state index in [-0.39, 0.29) is 0 Å². The molecule has 0 aliphatic carbocycles. The third-order valence-electron chi connectivity index (χ3n) is 14.7. The minimum atomic E-state index is 0.439. The normalized spacial score (nSPS) is 12.0. The number of aryl methyl sites for hydroxylation is 1. The van der Waals surface area contributed by atoms with Crippen LogP contribution in [0, 0.1) is 29.6 Å². The molecule has 0 fully saturated rings. The van der Waals surface area contributed by atoms with E-state index in [1.165, 1.54) is 10.1 Å². The second kappa shape index (κ2) is 14.3. The first-order chi connectivity index (χ1) is 34.6. The second-order valence-electron chi connectivity index (χ2n) is 18.3. The highest BCUT2D eigenvalue weighted by Crippen LogP contribution is 2.50. The number of rotatable bonds is 4. The number of aromatic nitrogens is 4. The molecule has 0 atom stereocenters. The first-order valence-electron chi connectivity index (χ1n) is 23.5. The van der Waals surface area contributed by atoms with Gasteiger partial charge >= 0.3 is 0 Å². The highest BCUT2D eigenvalue weighted by atomic mass is 32.1. The number of para-hydroxylation sites is 6. The van der Waals surface area contributed by atoms with Crippen LogP contribution >= 0.6 is 11.3 Å². The molecule has 15 aromatic rings. The summed E-state index contributed by atoms with van der Waals surface area (Å²) in [5, 5.41) is 36.0. The maximum Gasteiger partial charge on any atom is 0.104 e. The number of nitriles is 2. The third-order valence-corrected chi connectivity index (χ3v) is 15.9. The molecule has 5 aromatic heterocycles. The van der Waals surface area contributed by atoms with E-state index in [2.05, 4.69) is 238 Å². The van der Waals surface area contributed by atoms with E-state index in [1.807, 2.05) is 0 Å². The second-order valence-corrected chi connectivity index (χ2v) is 19.3. The summed E-state index contributed by atoms with van der Waals surface area (Å²) >= 11 is 1.78. The van der Waals surface area contributed by atoms with E-state index in [0.29, 0.717) is 33.9 Å². The van der Waals surface area contributed by atoms with Crippen LogP contribution in [0.1, 0.15) is 16.7 Å². The largest absolute Gasteiger partial charge is 0.306 e. The number of fused-ring (bicyclic) bond motifs is 16. The maximum absolute atomic E-state index is 12.6. The molecule has 0 radical (unpaired) electrons. The average Bonchev–Trinajstić information content (AvgIpc) is 4.21. The summed E-state index contributed by atoms with van der Waals surface area (Å²) in [5.74, 6) is 0. The van der Waals surface area contributed by atoms with Crippen LogP contribution in [0.4, 0.5) is 0 Å². The van der Waals surface area contributed by atoms with Gasteiger partial charge in [0.15, 0.2) is 0 Å². The van der Waals surface area contributed by atoms with E-state index >= 15 is 0 Å². The molecule has 6 nitrogen and oxygen atoms in total. The van der Waals surface area contributed by atoms with Crippen molar-refractivity contribution >= 4 is 119 Å². The predicted octanol–water partition coefficient (Wildman–Crippen LogP) is 16.5. The van der Waals surface area contributed by atoms with E-state index in [9.17, 15) is 10.5 Å². The summed E-state index contributed by atoms with van der Waals surface area (Å²) < 4.78 is 11.4. The molecule has 15 rings (SSSR count). The van der Waals surface area contributed by atoms with Gasteiger partial charge in [-0.25, -0.2) is 0 Å². The molecular formula is C63H36N6S. The minimum Gasteiger partial charge on any atom is -0.306 e. The van der Waals surface area contributed by atoms with Crippen LogP contribution in [0.3, 0.4) is 0 Å². The lowest BCUT2D eigenvalue weighted by Gasteiger charge is -2.27. The van der Waals surface area contributed by atoms with Crippen molar-refractivity contribution in [1.29, 1.82) is 10.5 Å². The molecule has 324 valence electrons. The van der Waals surface area contributed by atoms with E-state index in [1.54, 1.807) is 11.3 Å². The van der Waals surface area contributed by atoms with Crippen LogP contribution in [0.25, 0.3) is 130 Å². The average molecular weight is 909 g/mol. The van der Waals surface area contributed by atoms with Crippen molar-refractivity contribution in [3.05, 3.63) is 217 Å². The summed E-state index contributed by atoms with van der Waals surface area (Å²) in [6.07, 6.45) is 0. The van der Waals surface area contributed by atoms with Crippen LogP contribution in [0.5, 0.6) is 0 Å². The van der Waals surface area contributed by atoms with Crippen LogP contribution < -0.4 is 0 Å². The highest BCUT2D eigenvalue weighted by Gasteiger charge is 2.35. The Morgan fingerprint density at radius 3 is 1.09 bits per heavy atom. The van der Waals surface area contributed by atoms with Crippen molar-refractivity contribution in [2.24, 2.45) is 0 Å². The van der Waals surface area contributed by atoms with Crippen molar-refractivity contribution in [2.75, 3.05) is 0 Å². The fraction of sp³-hybridized carbons (Fsp3) is 0.0159. The molecule has 0 saturated carbocycles. The van der Waals surface area contributed by atoms with Crippen molar-refractivity contribution in [2.45, 2.75) is 6.92 Å². The summed E-state index contributed by atoms with van der Waals surface area (Å²) in [6, 6.07) is 76.3. The van der Waals surface area contributed by atoms with Gasteiger partial charge in [0.05, 0.1) is 71.6 Å². The molecule has 0 bridgehead atoms. The van der Waals surface area contributed by atoms with Crippen LogP contribution in [0.15, 0.2) is 200 Å². The quantitative estimate of drug-likeness (QED) is 0.177. The molecule has 10 aromatic carbocycles. The number of nitrogens with zero attached hydrogens (tertiary/aromatic N) is 6. The summed E-state index contributed by atoms with van der Waals surface area (Å²) in [5.41, 5.74) is 12.1. The van der Waals surface area contributed by atoms with Gasteiger partial charge in [-0.2, -0.15) is 10.5 Å². The summed E-state index contributed by atoms with van der Waals surface area (Å²) in [7, 11) is 0. The van der Waals surface area contributed by atoms with Crippen molar-refractivity contribution < 1.29 is 0 Å². The zero-order valence-corrected chi connectivity index (χ0v) is 38.5. The molecule has 0 saturated heterocycles. The summed E-state index contributed by atoms with van der Waals surface area (Å²) in [4.78, 5) is 0. The Kier molecular flexibility index (Phi) is 7.91. The molecule has 0 aliphatic heterocycles. The van der Waals surface area contributed by atoms with Gasteiger partial charge < -0.3 is 18.3 Å². The number of hydrogen-bond acceptors (Lipinski definition) is 3. The maximum atomic E-state index is 12.6. The van der Waals surface area contributed by atoms with Gasteiger partial charge in [0.2, 0.25) is 0 Å². The van der Waals surface area contributed by atoms with Crippen LogP contribution in [-0.4, -0.2) is 18.3 Å². The van der Waals surface area contributed by atoms with E-state index in [4.69, 9.17) is 0 Å². The fourth-order valence-corrected chi connectivity index (χ4v) is 13.1. The van der Waals surface area contributed by atoms with Gasteiger partial charge in [0.25, 0.3) is 0 Å². The van der Waals surface area contributed by atoms with E-state index < -0.39 is 0 Å².